The molecule has 2 aromatic carbocycles. The zero-order chi connectivity index (χ0) is 18.4. The van der Waals surface area contributed by atoms with Crippen molar-refractivity contribution in [1.82, 2.24) is 4.40 Å². The van der Waals surface area contributed by atoms with Crippen LogP contribution in [0, 0.1) is 0 Å². The predicted molar refractivity (Wildman–Crippen MR) is 114 cm³/mol. The van der Waals surface area contributed by atoms with Gasteiger partial charge < -0.3 is 4.90 Å². The molecule has 3 aromatic heterocycles. The lowest BCUT2D eigenvalue weighted by atomic mass is 10.1. The van der Waals surface area contributed by atoms with Crippen LogP contribution >= 0.6 is 0 Å². The molecule has 0 aliphatic rings. The number of hydrogen-bond donors (Lipinski definition) is 0. The van der Waals surface area contributed by atoms with Crippen LogP contribution in [0.1, 0.15) is 19.8 Å². The van der Waals surface area contributed by atoms with Crippen LogP contribution in [0.3, 0.4) is 0 Å². The molecule has 0 fully saturated rings. The summed E-state index contributed by atoms with van der Waals surface area (Å²) in [5, 5.41) is 2.53. The summed E-state index contributed by atoms with van der Waals surface area (Å²) in [5.74, 6) is 0. The van der Waals surface area contributed by atoms with E-state index in [1.165, 1.54) is 51.5 Å². The van der Waals surface area contributed by atoms with Crippen LogP contribution in [0.25, 0.3) is 33.0 Å². The van der Waals surface area contributed by atoms with Gasteiger partial charge in [-0.3, -0.25) is 0 Å². The van der Waals surface area contributed by atoms with Crippen LogP contribution in [0.5, 0.6) is 0 Å². The van der Waals surface area contributed by atoms with E-state index < -0.39 is 0 Å². The van der Waals surface area contributed by atoms with E-state index in [1.54, 1.807) is 0 Å². The molecule has 5 rings (SSSR count). The fourth-order valence-corrected chi connectivity index (χ4v) is 4.05. The highest BCUT2D eigenvalue weighted by Crippen LogP contribution is 2.25. The van der Waals surface area contributed by atoms with Gasteiger partial charge in [-0.1, -0.05) is 31.5 Å². The van der Waals surface area contributed by atoms with Gasteiger partial charge in [-0.25, -0.2) is 0 Å². The van der Waals surface area contributed by atoms with Crippen molar-refractivity contribution in [3.05, 3.63) is 72.9 Å². The monoisotopic (exact) mass is 354 g/mol. The van der Waals surface area contributed by atoms with Gasteiger partial charge in [0.25, 0.3) is 5.65 Å². The standard InChI is InChI=1S/C24H24N3/c1-3-4-15-25(2)20-12-13-23-19(16-20)9-11-21-17-26-22-8-6-5-7-18(22)10-14-24(26)27(21)23/h5-14,16-17H,3-4,15H2,1-2H3/q+1. The van der Waals surface area contributed by atoms with Gasteiger partial charge in [-0.2, -0.15) is 8.80 Å². The first-order chi connectivity index (χ1) is 13.3. The van der Waals surface area contributed by atoms with E-state index in [0.29, 0.717) is 0 Å². The third-order valence-corrected chi connectivity index (χ3v) is 5.58. The smallest absolute Gasteiger partial charge is 0.292 e. The molecule has 0 N–H and O–H groups in total. The van der Waals surface area contributed by atoms with E-state index in [-0.39, 0.29) is 0 Å². The van der Waals surface area contributed by atoms with E-state index in [1.807, 2.05) is 0 Å². The summed E-state index contributed by atoms with van der Waals surface area (Å²) in [6.07, 6.45) is 4.68. The lowest BCUT2D eigenvalue weighted by Gasteiger charge is -2.19. The van der Waals surface area contributed by atoms with Crippen molar-refractivity contribution in [2.45, 2.75) is 19.8 Å². The normalized spacial score (nSPS) is 11.8. The second kappa shape index (κ2) is 6.27. The quantitative estimate of drug-likeness (QED) is 0.403. The lowest BCUT2D eigenvalue weighted by Crippen LogP contribution is -2.19. The van der Waals surface area contributed by atoms with E-state index in [9.17, 15) is 0 Å². The van der Waals surface area contributed by atoms with Gasteiger partial charge in [0.2, 0.25) is 0 Å². The molecule has 3 nitrogen and oxygen atoms in total. The van der Waals surface area contributed by atoms with Gasteiger partial charge in [0.15, 0.2) is 5.52 Å². The molecule has 0 saturated carbocycles. The second-order valence-corrected chi connectivity index (χ2v) is 7.36. The highest BCUT2D eigenvalue weighted by atomic mass is 15.1. The minimum atomic E-state index is 1.10. The van der Waals surface area contributed by atoms with E-state index in [0.717, 1.165) is 6.54 Å². The molecule has 0 radical (unpaired) electrons. The lowest BCUT2D eigenvalue weighted by molar-refractivity contribution is -0.479. The zero-order valence-electron chi connectivity index (χ0n) is 15.9. The van der Waals surface area contributed by atoms with E-state index in [4.69, 9.17) is 0 Å². The van der Waals surface area contributed by atoms with Gasteiger partial charge in [0.1, 0.15) is 17.2 Å². The summed E-state index contributed by atoms with van der Waals surface area (Å²) >= 11 is 0. The summed E-state index contributed by atoms with van der Waals surface area (Å²) < 4.78 is 4.66. The molecule has 0 spiro atoms. The molecule has 0 aliphatic heterocycles. The van der Waals surface area contributed by atoms with Gasteiger partial charge in [0.05, 0.1) is 0 Å². The number of unbranched alkanes of at least 4 members (excludes halogenated alkanes) is 1. The first kappa shape index (κ1) is 16.1. The molecular weight excluding hydrogens is 330 g/mol. The Morgan fingerprint density at radius 3 is 2.67 bits per heavy atom. The fourth-order valence-electron chi connectivity index (χ4n) is 4.05. The van der Waals surface area contributed by atoms with Crippen LogP contribution < -0.4 is 9.30 Å². The van der Waals surface area contributed by atoms with Crippen molar-refractivity contribution >= 4 is 38.7 Å². The molecular formula is C24H24N3+. The van der Waals surface area contributed by atoms with Crippen molar-refractivity contribution in [3.63, 3.8) is 0 Å². The van der Waals surface area contributed by atoms with Gasteiger partial charge >= 0.3 is 0 Å². The van der Waals surface area contributed by atoms with E-state index >= 15 is 0 Å². The molecule has 27 heavy (non-hydrogen) atoms. The summed E-state index contributed by atoms with van der Waals surface area (Å²) in [6.45, 7) is 3.34. The molecule has 0 aliphatic carbocycles. The summed E-state index contributed by atoms with van der Waals surface area (Å²) in [4.78, 5) is 2.35. The Morgan fingerprint density at radius 2 is 1.78 bits per heavy atom. The highest BCUT2D eigenvalue weighted by Gasteiger charge is 2.17. The molecule has 0 amide bonds. The van der Waals surface area contributed by atoms with Gasteiger partial charge in [-0.15, -0.1) is 0 Å². The first-order valence-electron chi connectivity index (χ1n) is 9.75. The van der Waals surface area contributed by atoms with Crippen LogP contribution in [-0.2, 0) is 0 Å². The molecule has 3 heterocycles. The second-order valence-electron chi connectivity index (χ2n) is 7.36. The Kier molecular flexibility index (Phi) is 3.75. The summed E-state index contributed by atoms with van der Waals surface area (Å²) in [5.41, 5.74) is 6.18. The molecule has 3 heteroatoms. The third-order valence-electron chi connectivity index (χ3n) is 5.58. The largest absolute Gasteiger partial charge is 0.375 e. The minimum Gasteiger partial charge on any atom is -0.375 e. The van der Waals surface area contributed by atoms with Crippen LogP contribution in [0.2, 0.25) is 0 Å². The van der Waals surface area contributed by atoms with Gasteiger partial charge in [0, 0.05) is 36.1 Å². The molecule has 0 bridgehead atoms. The topological polar surface area (TPSA) is 11.8 Å². The zero-order valence-corrected chi connectivity index (χ0v) is 15.9. The van der Waals surface area contributed by atoms with E-state index in [2.05, 4.69) is 101 Å². The number of aromatic nitrogens is 2. The number of pyridine rings is 2. The maximum Gasteiger partial charge on any atom is 0.292 e. The number of hydrogen-bond acceptors (Lipinski definition) is 1. The molecule has 0 saturated heterocycles. The summed E-state index contributed by atoms with van der Waals surface area (Å²) in [6, 6.07) is 24.3. The number of anilines is 1. The van der Waals surface area contributed by atoms with Gasteiger partial charge in [-0.05, 0) is 48.9 Å². The Labute approximate surface area is 159 Å². The third kappa shape index (κ3) is 2.54. The molecule has 0 atom stereocenters. The van der Waals surface area contributed by atoms with Crippen molar-refractivity contribution in [1.29, 1.82) is 0 Å². The highest BCUT2D eigenvalue weighted by molar-refractivity contribution is 5.88. The Balaban J connectivity index is 1.75. The Hall–Kier alpha value is -3.07. The predicted octanol–water partition coefficient (Wildman–Crippen LogP) is 5.22. The molecule has 0 unspecified atom stereocenters. The first-order valence-corrected chi connectivity index (χ1v) is 9.75. The van der Waals surface area contributed by atoms with Crippen LogP contribution in [-0.4, -0.2) is 18.0 Å². The number of para-hydroxylation sites is 1. The SMILES string of the molecule is CCCCN(C)c1ccc2c(ccc3c[n+]4c5ccccc5ccc4n32)c1. The number of nitrogens with zero attached hydrogens (tertiary/aromatic N) is 3. The molecule has 134 valence electrons. The van der Waals surface area contributed by atoms with Crippen LogP contribution in [0.4, 0.5) is 5.69 Å². The summed E-state index contributed by atoms with van der Waals surface area (Å²) in [7, 11) is 2.18. The number of rotatable bonds is 4. The number of fused-ring (bicyclic) bond motifs is 7. The van der Waals surface area contributed by atoms with Crippen molar-refractivity contribution in [2.24, 2.45) is 0 Å². The average molecular weight is 354 g/mol. The van der Waals surface area contributed by atoms with Crippen molar-refractivity contribution in [2.75, 3.05) is 18.5 Å². The Morgan fingerprint density at radius 1 is 0.926 bits per heavy atom. The molecule has 5 aromatic rings. The Bertz CT molecular complexity index is 1280. The maximum absolute atomic E-state index is 2.36. The average Bonchev–Trinajstić information content (AvgIpc) is 3.11. The van der Waals surface area contributed by atoms with Crippen LogP contribution in [0.15, 0.2) is 72.9 Å². The minimum absolute atomic E-state index is 1.10. The fraction of sp³-hybridized carbons (Fsp3) is 0.208. The van der Waals surface area contributed by atoms with Crippen molar-refractivity contribution < 1.29 is 4.40 Å². The van der Waals surface area contributed by atoms with Crippen molar-refractivity contribution in [3.8, 4) is 0 Å². The number of imidazole rings is 1. The maximum atomic E-state index is 2.36. The number of benzene rings is 2.